The summed E-state index contributed by atoms with van der Waals surface area (Å²) in [6, 6.07) is -1.42. The van der Waals surface area contributed by atoms with Gasteiger partial charge in [-0.05, 0) is 129 Å². The highest BCUT2D eigenvalue weighted by molar-refractivity contribution is 7.45. The first-order chi connectivity index (χ1) is 31.5. The van der Waals surface area contributed by atoms with E-state index in [0.717, 1.165) is 25.7 Å². The molecule has 0 heterocycles. The van der Waals surface area contributed by atoms with E-state index < -0.39 is 57.9 Å². The normalized spacial score (nSPS) is 11.5. The van der Waals surface area contributed by atoms with E-state index in [1.54, 1.807) is 11.8 Å². The van der Waals surface area contributed by atoms with Crippen LogP contribution < -0.4 is 15.1 Å². The number of quaternary nitrogens is 1. The molecular weight excluding hydrogens is 840 g/mol. The largest absolute Gasteiger partial charge is 0.756 e. The zero-order valence-corrected chi connectivity index (χ0v) is 39.4. The summed E-state index contributed by atoms with van der Waals surface area (Å²) in [7, 11) is -5.02. The molecule has 392 valence electrons. The second kappa shape index (κ2) is 46.1. The van der Waals surface area contributed by atoms with Gasteiger partial charge in [0.15, 0.2) is 0 Å². The summed E-state index contributed by atoms with van der Waals surface area (Å²) < 4.78 is 21.4. The average molecular weight is 951 g/mol. The predicted octanol–water partition coefficient (Wildman–Crippen LogP) is 8.03. The van der Waals surface area contributed by atoms with Crippen LogP contribution in [0.4, 0.5) is 0 Å². The van der Waals surface area contributed by atoms with Gasteiger partial charge in [-0.25, -0.2) is 0 Å². The van der Waals surface area contributed by atoms with Gasteiger partial charge in [-0.3, -0.25) is 9.36 Å². The van der Waals surface area contributed by atoms with Crippen LogP contribution in [-0.2, 0) is 18.4 Å². The summed E-state index contributed by atoms with van der Waals surface area (Å²) in [4.78, 5) is 26.3. The number of hydrogen-bond acceptors (Lipinski definition) is 9. The molecular formula is C53H111N2O9P. The molecule has 1 unspecified atom stereocenters. The molecule has 0 saturated carbocycles. The van der Waals surface area contributed by atoms with Crippen molar-refractivity contribution < 1.29 is 82.9 Å². The number of phosphoric ester groups is 1. The quantitative estimate of drug-likeness (QED) is 0.0285. The molecule has 0 aliphatic heterocycles. The molecule has 0 spiro atoms. The summed E-state index contributed by atoms with van der Waals surface area (Å²) in [5, 5.41) is 42.0. The van der Waals surface area contributed by atoms with Crippen molar-refractivity contribution in [3.63, 3.8) is 0 Å². The van der Waals surface area contributed by atoms with Gasteiger partial charge in [0.05, 0.1) is 51.6 Å². The number of amides is 1. The molecule has 6 N–H and O–H groups in total. The van der Waals surface area contributed by atoms with Crippen molar-refractivity contribution in [2.75, 3.05) is 39.5 Å². The van der Waals surface area contributed by atoms with Gasteiger partial charge in [0, 0.05) is 75.7 Å². The van der Waals surface area contributed by atoms with Crippen molar-refractivity contribution in [1.29, 1.82) is 0 Å². The van der Waals surface area contributed by atoms with Crippen LogP contribution in [0.1, 0.15) is 152 Å². The van der Waals surface area contributed by atoms with Crippen molar-refractivity contribution in [2.45, 2.75) is 142 Å². The van der Waals surface area contributed by atoms with E-state index in [-0.39, 0.29) is 40.7 Å². The summed E-state index contributed by atoms with van der Waals surface area (Å²) in [6.45, 7) is 12.0. The van der Waals surface area contributed by atoms with Crippen molar-refractivity contribution >= 4 is 13.7 Å². The number of aliphatic hydroxyl groups excluding tert-OH is 4. The monoisotopic (exact) mass is 951 g/mol. The minimum atomic E-state index is -5.02. The fraction of sp³-hybridized carbons (Fsp3) is 0.528. The van der Waals surface area contributed by atoms with Crippen LogP contribution in [0.15, 0.2) is 0 Å². The Balaban J connectivity index is -0.0000000502. The Hall–Kier alpha value is -5.90. The molecule has 0 aromatic heterocycles. The zero-order valence-electron chi connectivity index (χ0n) is 38.5. The Bertz CT molecular complexity index is 2300. The molecule has 0 aromatic carbocycles. The van der Waals surface area contributed by atoms with Crippen molar-refractivity contribution in [3.8, 4) is 142 Å². The number of carbonyl (C=O) groups excluding carboxylic acids is 1. The van der Waals surface area contributed by atoms with E-state index in [0.29, 0.717) is 6.42 Å². The molecule has 0 aromatic rings. The van der Waals surface area contributed by atoms with E-state index in [1.165, 1.54) is 64.6 Å². The number of phosphoric acid groups is 1. The van der Waals surface area contributed by atoms with Crippen LogP contribution in [0.2, 0.25) is 0 Å². The zero-order chi connectivity index (χ0) is 48.5. The highest BCUT2D eigenvalue weighted by Gasteiger charge is 2.29. The molecule has 5 atom stereocenters. The highest BCUT2D eigenvalue weighted by atomic mass is 31.2. The maximum absolute atomic E-state index is 12.5. The van der Waals surface area contributed by atoms with Gasteiger partial charge in [0.2, 0.25) is 0 Å². The molecule has 0 saturated heterocycles. The molecule has 0 rings (SSSR count). The predicted molar refractivity (Wildman–Crippen MR) is 305 cm³/mol. The van der Waals surface area contributed by atoms with Crippen molar-refractivity contribution in [3.05, 3.63) is 0 Å². The van der Waals surface area contributed by atoms with E-state index in [2.05, 4.69) is 180 Å². The van der Waals surface area contributed by atoms with Crippen LogP contribution in [0.25, 0.3) is 0 Å². The van der Waals surface area contributed by atoms with Gasteiger partial charge in [0.1, 0.15) is 12.2 Å². The van der Waals surface area contributed by atoms with E-state index in [4.69, 9.17) is 9.63 Å². The second-order valence-corrected chi connectivity index (χ2v) is 15.0. The van der Waals surface area contributed by atoms with Crippen molar-refractivity contribution in [2.24, 2.45) is 0 Å². The summed E-state index contributed by atoms with van der Waals surface area (Å²) in [5.41, 5.74) is 0. The van der Waals surface area contributed by atoms with Gasteiger partial charge in [-0.2, -0.15) is 0 Å². The Labute approximate surface area is 426 Å². The summed E-state index contributed by atoms with van der Waals surface area (Å²) in [6.07, 6.45) is 9.24. The molecule has 12 heteroatoms. The van der Waals surface area contributed by atoms with Crippen LogP contribution >= 0.6 is 7.82 Å². The molecule has 0 bridgehead atoms. The SMILES string of the molecule is CC#CC#CC#CC#CC#CC#CC#CC#CC#CC#CC#CC#CC(=O)N[C@@H](COP(=O)([O-])OC[C@@H](O)CO)[C@H](O)[C@H](O)CCCCCCCCCCCCCC.CC[NH+](CC)CC.[HH].[HH].[HH].[HH].[HH].[HH].[HH].[HH].[HH].[HH].[HH].[HH].[HH].[HH].[HH].[HH].[HH].[HH].[HH].[HH].[HH].[HH].[HH].[HH]. The van der Waals surface area contributed by atoms with E-state index in [1.807, 2.05) is 0 Å². The molecule has 0 aliphatic carbocycles. The fourth-order valence-corrected chi connectivity index (χ4v) is 5.80. The highest BCUT2D eigenvalue weighted by Crippen LogP contribution is 2.38. The first-order valence-corrected chi connectivity index (χ1v) is 23.3. The number of nitrogens with one attached hydrogen (secondary N) is 2. The number of unbranched alkanes of at least 4 members (excludes halogenated alkanes) is 11. The third-order valence-corrected chi connectivity index (χ3v) is 9.57. The Kier molecular flexibility index (Phi) is 43.4. The van der Waals surface area contributed by atoms with Gasteiger partial charge < -0.3 is 44.6 Å². The van der Waals surface area contributed by atoms with Crippen LogP contribution in [0.3, 0.4) is 0 Å². The maximum atomic E-state index is 12.5. The number of carbonyl (C=O) groups is 1. The smallest absolute Gasteiger partial charge is 0.297 e. The first kappa shape index (κ1) is 61.2. The third kappa shape index (κ3) is 43.1. The lowest BCUT2D eigenvalue weighted by Crippen LogP contribution is -3.11. The van der Waals surface area contributed by atoms with Crippen LogP contribution in [-0.4, -0.2) is 90.1 Å². The molecule has 0 aliphatic rings. The number of aliphatic hydroxyl groups is 4. The van der Waals surface area contributed by atoms with Crippen LogP contribution in [0, 0.1) is 142 Å². The van der Waals surface area contributed by atoms with E-state index in [9.17, 15) is 29.6 Å². The summed E-state index contributed by atoms with van der Waals surface area (Å²) >= 11 is 0. The topological polar surface area (TPSA) is 173 Å². The number of rotatable bonds is 26. The third-order valence-electron chi connectivity index (χ3n) is 8.64. The molecule has 1 amide bonds. The molecule has 0 radical (unpaired) electrons. The Morgan fingerprint density at radius 1 is 0.585 bits per heavy atom. The fourth-order valence-electron chi connectivity index (χ4n) is 5.03. The first-order valence-electron chi connectivity index (χ1n) is 21.8. The lowest BCUT2D eigenvalue weighted by Gasteiger charge is -2.30. The van der Waals surface area contributed by atoms with Gasteiger partial charge in [-0.1, -0.05) is 89.9 Å². The Morgan fingerprint density at radius 2 is 0.938 bits per heavy atom. The summed E-state index contributed by atoms with van der Waals surface area (Å²) in [5.74, 6) is 57.8. The van der Waals surface area contributed by atoms with Gasteiger partial charge in [0.25, 0.3) is 13.7 Å². The molecule has 11 nitrogen and oxygen atoms in total. The minimum Gasteiger partial charge on any atom is -0.756 e. The van der Waals surface area contributed by atoms with E-state index >= 15 is 0 Å². The maximum Gasteiger partial charge on any atom is 0.297 e. The van der Waals surface area contributed by atoms with Crippen molar-refractivity contribution in [1.82, 2.24) is 5.32 Å². The standard InChI is InChI=1S/C47H48NO9P.C6H15N.24H2/c1-3-5-7-9-11-13-15-17-18-19-20-21-22-23-24-25-26-27-29-31-33-35-37-39-46(52)48-44(42-57-58(54,55)56-41-43(50)40-49)47(53)45(51)38-36-34-32-30-28-16-14-12-10-8-6-4-2;1-4-7(5-2)6-3;;;;;;;;;;;;;;;;;;;;;;;;/h43-45,47,49-51,53H,4,6,8,10,12,14,16,28,30,32,34,36,38,40-42H2,1-2H3,(H,48,52)(H,54,55);4-6H2,1-3H3;24*1H/t43-,44-,45+,47-;;;;;;;;;;;;;;;;;;;;;;;;;/m0........................./s1. The van der Waals surface area contributed by atoms with Gasteiger partial charge >= 0.3 is 0 Å². The average Bonchev–Trinajstić information content (AvgIpc) is 3.30. The second-order valence-electron chi connectivity index (χ2n) is 13.6. The minimum absolute atomic E-state index is 0. The lowest BCUT2D eigenvalue weighted by molar-refractivity contribution is -0.894. The molecule has 0 fully saturated rings. The Morgan fingerprint density at radius 3 is 1.29 bits per heavy atom. The van der Waals surface area contributed by atoms with Crippen LogP contribution in [0.5, 0.6) is 0 Å². The van der Waals surface area contributed by atoms with Gasteiger partial charge in [-0.15, -0.1) is 0 Å². The number of hydrogen-bond donors (Lipinski definition) is 6. The lowest BCUT2D eigenvalue weighted by atomic mass is 9.99. The molecule has 65 heavy (non-hydrogen) atoms.